The van der Waals surface area contributed by atoms with E-state index in [0.29, 0.717) is 17.1 Å². The van der Waals surface area contributed by atoms with E-state index >= 15 is 0 Å². The summed E-state index contributed by atoms with van der Waals surface area (Å²) in [5.41, 5.74) is 18.6. The minimum Gasteiger partial charge on any atom is -0.399 e. The number of nitrogens with two attached hydrogens (primary N) is 3. The number of nitrogens with one attached hydrogen (secondary N) is 1. The quantitative estimate of drug-likeness (QED) is 0.152. The predicted molar refractivity (Wildman–Crippen MR) is 126 cm³/mol. The van der Waals surface area contributed by atoms with Crippen molar-refractivity contribution in [3.8, 4) is 0 Å². The maximum Gasteiger partial charge on any atom is 0.269 e. The second-order valence-electron chi connectivity index (χ2n) is 6.05. The summed E-state index contributed by atoms with van der Waals surface area (Å²) in [6, 6.07) is 21.0. The molecule has 3 aromatic rings. The van der Waals surface area contributed by atoms with Gasteiger partial charge in [-0.05, 0) is 53.9 Å². The molecule has 0 atom stereocenters. The van der Waals surface area contributed by atoms with E-state index in [2.05, 4.69) is 35.2 Å². The lowest BCUT2D eigenvalue weighted by molar-refractivity contribution is -0.114. The van der Waals surface area contributed by atoms with Gasteiger partial charge in [0.05, 0.1) is 10.9 Å². The maximum atomic E-state index is 11.1. The SMILES string of the molecule is C=N/C(C(N)=O)=C(/N)SCNc1ccc2ccccc2c1.Nc1ccc(C=O)cc1. The van der Waals surface area contributed by atoms with Crippen molar-refractivity contribution in [3.05, 3.63) is 83.0 Å². The van der Waals surface area contributed by atoms with Gasteiger partial charge >= 0.3 is 0 Å². The van der Waals surface area contributed by atoms with Gasteiger partial charge in [-0.2, -0.15) is 0 Å². The Bertz CT molecular complexity index is 1060. The molecule has 7 nitrogen and oxygen atoms in total. The molecule has 0 radical (unpaired) electrons. The molecular weight excluding hydrogens is 398 g/mol. The number of nitrogen functional groups attached to an aromatic ring is 1. The Labute approximate surface area is 179 Å². The standard InChI is InChI=1S/C15H16N4OS.C7H7NO/c1-18-13(14(16)20)15(17)21-9-19-12-7-6-10-4-2-3-5-11(10)8-12;8-7-3-1-6(5-9)2-4-7/h2-8,19H,1,9,17H2,(H2,16,20);1-5H,8H2/b15-13-;. The molecule has 0 unspecified atom stereocenters. The molecule has 30 heavy (non-hydrogen) atoms. The molecule has 0 fully saturated rings. The molecule has 1 amide bonds. The lowest BCUT2D eigenvalue weighted by atomic mass is 10.1. The third-order valence-electron chi connectivity index (χ3n) is 3.95. The zero-order chi connectivity index (χ0) is 21.9. The van der Waals surface area contributed by atoms with Crippen molar-refractivity contribution >= 4 is 52.8 Å². The smallest absolute Gasteiger partial charge is 0.269 e. The van der Waals surface area contributed by atoms with Gasteiger partial charge < -0.3 is 22.5 Å². The molecular formula is C22H23N5O2S. The van der Waals surface area contributed by atoms with E-state index in [1.807, 2.05) is 24.3 Å². The number of hydrogen-bond acceptors (Lipinski definition) is 7. The molecule has 154 valence electrons. The number of fused-ring (bicyclic) bond motifs is 1. The zero-order valence-corrected chi connectivity index (χ0v) is 17.1. The zero-order valence-electron chi connectivity index (χ0n) is 16.2. The summed E-state index contributed by atoms with van der Waals surface area (Å²) < 4.78 is 0. The van der Waals surface area contributed by atoms with Gasteiger partial charge in [-0.1, -0.05) is 42.1 Å². The van der Waals surface area contributed by atoms with Crippen molar-refractivity contribution in [2.75, 3.05) is 16.9 Å². The Balaban J connectivity index is 0.000000297. The average molecular weight is 422 g/mol. The number of aliphatic imine (C=N–C) groups is 1. The highest BCUT2D eigenvalue weighted by molar-refractivity contribution is 8.03. The van der Waals surface area contributed by atoms with Gasteiger partial charge in [-0.3, -0.25) is 14.6 Å². The molecule has 0 saturated heterocycles. The predicted octanol–water partition coefficient (Wildman–Crippen LogP) is 3.34. The van der Waals surface area contributed by atoms with Gasteiger partial charge in [0.15, 0.2) is 5.70 Å². The van der Waals surface area contributed by atoms with Gasteiger partial charge in [0, 0.05) is 16.9 Å². The van der Waals surface area contributed by atoms with E-state index in [4.69, 9.17) is 17.2 Å². The molecule has 0 spiro atoms. The molecule has 3 rings (SSSR count). The van der Waals surface area contributed by atoms with Crippen LogP contribution in [-0.4, -0.2) is 24.8 Å². The Hall–Kier alpha value is -3.78. The second kappa shape index (κ2) is 11.3. The molecule has 0 aliphatic carbocycles. The highest BCUT2D eigenvalue weighted by atomic mass is 32.2. The van der Waals surface area contributed by atoms with Crippen LogP contribution in [0, 0.1) is 0 Å². The summed E-state index contributed by atoms with van der Waals surface area (Å²) in [5, 5.41) is 5.81. The molecule has 3 aromatic carbocycles. The molecule has 8 heteroatoms. The first-order valence-corrected chi connectivity index (χ1v) is 9.85. The number of amides is 1. The van der Waals surface area contributed by atoms with Crippen molar-refractivity contribution in [2.45, 2.75) is 0 Å². The Morgan fingerprint density at radius 2 is 1.70 bits per heavy atom. The van der Waals surface area contributed by atoms with Crippen LogP contribution in [-0.2, 0) is 4.79 Å². The number of anilines is 2. The second-order valence-corrected chi connectivity index (χ2v) is 7.06. The first-order chi connectivity index (χ1) is 14.4. The number of aldehydes is 1. The summed E-state index contributed by atoms with van der Waals surface area (Å²) in [6.45, 7) is 3.28. The van der Waals surface area contributed by atoms with Crippen LogP contribution in [0.25, 0.3) is 10.8 Å². The summed E-state index contributed by atoms with van der Waals surface area (Å²) >= 11 is 1.25. The van der Waals surface area contributed by atoms with Gasteiger partial charge in [-0.15, -0.1) is 0 Å². The molecule has 0 aliphatic rings. The highest BCUT2D eigenvalue weighted by Gasteiger charge is 2.08. The van der Waals surface area contributed by atoms with E-state index in [9.17, 15) is 9.59 Å². The molecule has 0 bridgehead atoms. The Kier molecular flexibility index (Phi) is 8.46. The summed E-state index contributed by atoms with van der Waals surface area (Å²) in [7, 11) is 0. The van der Waals surface area contributed by atoms with Crippen LogP contribution in [0.3, 0.4) is 0 Å². The van der Waals surface area contributed by atoms with Crippen LogP contribution in [0.2, 0.25) is 0 Å². The topological polar surface area (TPSA) is 137 Å². The summed E-state index contributed by atoms with van der Waals surface area (Å²) in [6.07, 6.45) is 0.791. The van der Waals surface area contributed by atoms with Crippen molar-refractivity contribution in [2.24, 2.45) is 16.5 Å². The molecule has 0 saturated carbocycles. The van der Waals surface area contributed by atoms with E-state index in [1.54, 1.807) is 24.3 Å². The Morgan fingerprint density at radius 3 is 2.30 bits per heavy atom. The number of benzene rings is 3. The van der Waals surface area contributed by atoms with Crippen molar-refractivity contribution < 1.29 is 9.59 Å². The first kappa shape index (κ1) is 22.5. The number of nitrogens with zero attached hydrogens (tertiary/aromatic N) is 1. The average Bonchev–Trinajstić information content (AvgIpc) is 2.75. The van der Waals surface area contributed by atoms with Crippen LogP contribution in [0.1, 0.15) is 10.4 Å². The van der Waals surface area contributed by atoms with Gasteiger partial charge in [0.2, 0.25) is 0 Å². The van der Waals surface area contributed by atoms with E-state index < -0.39 is 5.91 Å². The fraction of sp³-hybridized carbons (Fsp3) is 0.0455. The first-order valence-electron chi connectivity index (χ1n) is 8.87. The molecule has 7 N–H and O–H groups in total. The maximum absolute atomic E-state index is 11.1. The van der Waals surface area contributed by atoms with Crippen LogP contribution >= 0.6 is 11.8 Å². The largest absolute Gasteiger partial charge is 0.399 e. The van der Waals surface area contributed by atoms with Gasteiger partial charge in [0.1, 0.15) is 6.29 Å². The number of carbonyl (C=O) groups is 2. The van der Waals surface area contributed by atoms with E-state index in [0.717, 1.165) is 17.4 Å². The van der Waals surface area contributed by atoms with E-state index in [-0.39, 0.29) is 10.7 Å². The summed E-state index contributed by atoms with van der Waals surface area (Å²) in [5.74, 6) is -0.183. The minimum atomic E-state index is -0.680. The normalized spacial score (nSPS) is 10.9. The number of primary amides is 1. The van der Waals surface area contributed by atoms with Crippen LogP contribution in [0.15, 0.2) is 82.4 Å². The fourth-order valence-corrected chi connectivity index (χ4v) is 3.11. The van der Waals surface area contributed by atoms with Gasteiger partial charge in [0.25, 0.3) is 5.91 Å². The van der Waals surface area contributed by atoms with Crippen molar-refractivity contribution in [1.29, 1.82) is 0 Å². The van der Waals surface area contributed by atoms with Crippen molar-refractivity contribution in [3.63, 3.8) is 0 Å². The Morgan fingerprint density at radius 1 is 1.03 bits per heavy atom. The molecule has 0 heterocycles. The minimum absolute atomic E-state index is 0.000288. The van der Waals surface area contributed by atoms with E-state index in [1.165, 1.54) is 17.1 Å². The van der Waals surface area contributed by atoms with Crippen molar-refractivity contribution in [1.82, 2.24) is 0 Å². The van der Waals surface area contributed by atoms with Crippen LogP contribution in [0.4, 0.5) is 11.4 Å². The lowest BCUT2D eigenvalue weighted by Crippen LogP contribution is -2.17. The van der Waals surface area contributed by atoms with Crippen LogP contribution < -0.4 is 22.5 Å². The van der Waals surface area contributed by atoms with Crippen LogP contribution in [0.5, 0.6) is 0 Å². The number of thioether (sulfide) groups is 1. The number of carbonyl (C=O) groups excluding carboxylic acids is 2. The lowest BCUT2D eigenvalue weighted by Gasteiger charge is -2.08. The monoisotopic (exact) mass is 421 g/mol. The third kappa shape index (κ3) is 6.68. The summed E-state index contributed by atoms with van der Waals surface area (Å²) in [4.78, 5) is 24.7. The third-order valence-corrected chi connectivity index (χ3v) is 4.74. The molecule has 0 aliphatic heterocycles. The number of rotatable bonds is 7. The fourth-order valence-electron chi connectivity index (χ4n) is 2.42. The highest BCUT2D eigenvalue weighted by Crippen LogP contribution is 2.21. The number of hydrogen-bond donors (Lipinski definition) is 4. The molecule has 0 aromatic heterocycles. The van der Waals surface area contributed by atoms with Gasteiger partial charge in [-0.25, -0.2) is 0 Å².